The first-order valence-electron chi connectivity index (χ1n) is 10.3. The monoisotopic (exact) mass is 403 g/mol. The van der Waals surface area contributed by atoms with Gasteiger partial charge < -0.3 is 10.6 Å². The highest BCUT2D eigenvalue weighted by Gasteiger charge is 2.40. The van der Waals surface area contributed by atoms with Crippen LogP contribution < -0.4 is 10.6 Å². The maximum absolute atomic E-state index is 12.8. The summed E-state index contributed by atoms with van der Waals surface area (Å²) in [4.78, 5) is 27.6. The molecule has 2 amide bonds. The minimum atomic E-state index is -0.472. The van der Waals surface area contributed by atoms with E-state index in [-0.39, 0.29) is 17.4 Å². The molecule has 2 aliphatic rings. The number of carbonyl (C=O) groups is 2. The van der Waals surface area contributed by atoms with Crippen LogP contribution in [-0.4, -0.2) is 53.4 Å². The van der Waals surface area contributed by atoms with Crippen LogP contribution in [0.25, 0.3) is 0 Å². The van der Waals surface area contributed by atoms with Gasteiger partial charge in [0.25, 0.3) is 5.91 Å². The molecule has 1 aromatic rings. The standard InChI is InChI=1S/C22H33N3O2S/c1-21(2,3)20(27)24-18-8-6-7-17(15-18)19(26)23-16-22(9-4-5-10-22)25-11-13-28-14-12-25/h6-8,15H,4-5,9-14,16H2,1-3H3,(H,23,26)(H,24,27). The van der Waals surface area contributed by atoms with Crippen molar-refractivity contribution >= 4 is 29.3 Å². The summed E-state index contributed by atoms with van der Waals surface area (Å²) < 4.78 is 0. The first kappa shape index (κ1) is 21.2. The molecular formula is C22H33N3O2S. The predicted molar refractivity (Wildman–Crippen MR) is 117 cm³/mol. The largest absolute Gasteiger partial charge is 0.350 e. The number of thioether (sulfide) groups is 1. The molecule has 1 aromatic carbocycles. The molecule has 1 saturated heterocycles. The molecule has 0 atom stereocenters. The third kappa shape index (κ3) is 5.09. The van der Waals surface area contributed by atoms with Gasteiger partial charge in [0.15, 0.2) is 0 Å². The van der Waals surface area contributed by atoms with Crippen LogP contribution in [0.15, 0.2) is 24.3 Å². The topological polar surface area (TPSA) is 61.4 Å². The van der Waals surface area contributed by atoms with E-state index in [4.69, 9.17) is 0 Å². The Bertz CT molecular complexity index is 702. The molecule has 28 heavy (non-hydrogen) atoms. The van der Waals surface area contributed by atoms with Crippen LogP contribution in [0.2, 0.25) is 0 Å². The van der Waals surface area contributed by atoms with Crippen molar-refractivity contribution in [1.82, 2.24) is 10.2 Å². The molecule has 0 unspecified atom stereocenters. The van der Waals surface area contributed by atoms with Crippen molar-refractivity contribution in [2.75, 3.05) is 36.5 Å². The Balaban J connectivity index is 1.64. The van der Waals surface area contributed by atoms with E-state index >= 15 is 0 Å². The highest BCUT2D eigenvalue weighted by atomic mass is 32.2. The molecule has 3 rings (SSSR count). The van der Waals surface area contributed by atoms with Crippen molar-refractivity contribution in [1.29, 1.82) is 0 Å². The molecule has 6 heteroatoms. The summed E-state index contributed by atoms with van der Waals surface area (Å²) in [5.41, 5.74) is 0.902. The smallest absolute Gasteiger partial charge is 0.251 e. The highest BCUT2D eigenvalue weighted by molar-refractivity contribution is 7.99. The summed E-state index contributed by atoms with van der Waals surface area (Å²) in [6.45, 7) is 8.57. The fourth-order valence-corrected chi connectivity index (χ4v) is 4.98. The van der Waals surface area contributed by atoms with E-state index in [0.717, 1.165) is 13.1 Å². The molecule has 1 aliphatic heterocycles. The van der Waals surface area contributed by atoms with Gasteiger partial charge in [0.05, 0.1) is 0 Å². The lowest BCUT2D eigenvalue weighted by Gasteiger charge is -2.43. The number of rotatable bonds is 5. The third-order valence-electron chi connectivity index (χ3n) is 5.86. The normalized spacial score (nSPS) is 20.0. The van der Waals surface area contributed by atoms with E-state index in [9.17, 15) is 9.59 Å². The van der Waals surface area contributed by atoms with E-state index < -0.39 is 5.41 Å². The minimum absolute atomic E-state index is 0.0575. The second kappa shape index (κ2) is 8.87. The summed E-state index contributed by atoms with van der Waals surface area (Å²) in [7, 11) is 0. The Morgan fingerprint density at radius 3 is 2.46 bits per heavy atom. The van der Waals surface area contributed by atoms with Gasteiger partial charge in [-0.05, 0) is 31.0 Å². The Hall–Kier alpha value is -1.53. The molecule has 0 spiro atoms. The average Bonchev–Trinajstić information content (AvgIpc) is 3.16. The molecule has 0 aromatic heterocycles. The number of hydrogen-bond donors (Lipinski definition) is 2. The maximum Gasteiger partial charge on any atom is 0.251 e. The molecule has 1 aliphatic carbocycles. The lowest BCUT2D eigenvalue weighted by atomic mass is 9.94. The summed E-state index contributed by atoms with van der Waals surface area (Å²) in [5, 5.41) is 6.09. The molecule has 5 nitrogen and oxygen atoms in total. The van der Waals surface area contributed by atoms with Gasteiger partial charge in [-0.15, -0.1) is 0 Å². The van der Waals surface area contributed by atoms with Gasteiger partial charge in [0.2, 0.25) is 5.91 Å². The number of benzene rings is 1. The van der Waals surface area contributed by atoms with Gasteiger partial charge >= 0.3 is 0 Å². The van der Waals surface area contributed by atoms with Crippen molar-refractivity contribution in [3.05, 3.63) is 29.8 Å². The van der Waals surface area contributed by atoms with Crippen LogP contribution in [0.5, 0.6) is 0 Å². The van der Waals surface area contributed by atoms with Crippen molar-refractivity contribution in [2.24, 2.45) is 5.41 Å². The summed E-state index contributed by atoms with van der Waals surface area (Å²) in [6.07, 6.45) is 4.82. The quantitative estimate of drug-likeness (QED) is 0.786. The van der Waals surface area contributed by atoms with Crippen molar-refractivity contribution in [3.8, 4) is 0 Å². The van der Waals surface area contributed by atoms with E-state index in [1.807, 2.05) is 44.7 Å². The highest BCUT2D eigenvalue weighted by Crippen LogP contribution is 2.36. The Morgan fingerprint density at radius 2 is 1.82 bits per heavy atom. The number of nitrogens with zero attached hydrogens (tertiary/aromatic N) is 1. The first-order valence-corrected chi connectivity index (χ1v) is 11.5. The molecule has 0 radical (unpaired) electrons. The van der Waals surface area contributed by atoms with Gasteiger partial charge in [0, 0.05) is 53.3 Å². The van der Waals surface area contributed by atoms with E-state index in [1.165, 1.54) is 37.2 Å². The van der Waals surface area contributed by atoms with Gasteiger partial charge in [0.1, 0.15) is 0 Å². The Kier molecular flexibility index (Phi) is 6.71. The predicted octanol–water partition coefficient (Wildman–Crippen LogP) is 3.76. The molecule has 154 valence electrons. The SMILES string of the molecule is CC(C)(C)C(=O)Nc1cccc(C(=O)NCC2(N3CCSCC3)CCCC2)c1. The number of nitrogens with one attached hydrogen (secondary N) is 2. The number of anilines is 1. The third-order valence-corrected chi connectivity index (χ3v) is 6.80. The number of amides is 2. The van der Waals surface area contributed by atoms with Gasteiger partial charge in [-0.3, -0.25) is 14.5 Å². The van der Waals surface area contributed by atoms with E-state index in [1.54, 1.807) is 12.1 Å². The zero-order chi connectivity index (χ0) is 20.2. The number of hydrogen-bond acceptors (Lipinski definition) is 4. The van der Waals surface area contributed by atoms with Crippen LogP contribution in [0, 0.1) is 5.41 Å². The fourth-order valence-electron chi connectivity index (χ4n) is 4.08. The lowest BCUT2D eigenvalue weighted by Crippen LogP contribution is -2.56. The van der Waals surface area contributed by atoms with Crippen LogP contribution >= 0.6 is 11.8 Å². The zero-order valence-corrected chi connectivity index (χ0v) is 18.2. The van der Waals surface area contributed by atoms with Crippen molar-refractivity contribution < 1.29 is 9.59 Å². The van der Waals surface area contributed by atoms with Gasteiger partial charge in [-0.1, -0.05) is 39.7 Å². The van der Waals surface area contributed by atoms with Gasteiger partial charge in [-0.25, -0.2) is 0 Å². The van der Waals surface area contributed by atoms with Crippen molar-refractivity contribution in [3.63, 3.8) is 0 Å². The van der Waals surface area contributed by atoms with Crippen LogP contribution in [-0.2, 0) is 4.79 Å². The van der Waals surface area contributed by atoms with Crippen molar-refractivity contribution in [2.45, 2.75) is 52.0 Å². The molecular weight excluding hydrogens is 370 g/mol. The lowest BCUT2D eigenvalue weighted by molar-refractivity contribution is -0.123. The molecule has 1 heterocycles. The second-order valence-corrected chi connectivity index (χ2v) is 10.2. The Morgan fingerprint density at radius 1 is 1.14 bits per heavy atom. The Labute approximate surface area is 173 Å². The van der Waals surface area contributed by atoms with Crippen LogP contribution in [0.4, 0.5) is 5.69 Å². The maximum atomic E-state index is 12.8. The van der Waals surface area contributed by atoms with Crippen LogP contribution in [0.3, 0.4) is 0 Å². The molecule has 2 fully saturated rings. The van der Waals surface area contributed by atoms with Crippen LogP contribution in [0.1, 0.15) is 56.8 Å². The number of carbonyl (C=O) groups excluding carboxylic acids is 2. The molecule has 1 saturated carbocycles. The summed E-state index contributed by atoms with van der Waals surface area (Å²) in [6, 6.07) is 7.21. The van der Waals surface area contributed by atoms with Gasteiger partial charge in [-0.2, -0.15) is 11.8 Å². The summed E-state index contributed by atoms with van der Waals surface area (Å²) in [5.74, 6) is 2.25. The second-order valence-electron chi connectivity index (χ2n) is 9.00. The molecule has 2 N–H and O–H groups in total. The van der Waals surface area contributed by atoms with E-state index in [2.05, 4.69) is 15.5 Å². The fraction of sp³-hybridized carbons (Fsp3) is 0.636. The molecule has 0 bridgehead atoms. The van der Waals surface area contributed by atoms with E-state index in [0.29, 0.717) is 17.8 Å². The zero-order valence-electron chi connectivity index (χ0n) is 17.3. The average molecular weight is 404 g/mol. The minimum Gasteiger partial charge on any atom is -0.350 e. The summed E-state index contributed by atoms with van der Waals surface area (Å²) >= 11 is 2.02. The first-order chi connectivity index (χ1) is 13.3.